The maximum atomic E-state index is 6.47. The molecule has 1 heterocycles. The monoisotopic (exact) mass is 603 g/mol. The van der Waals surface area contributed by atoms with E-state index in [4.69, 9.17) is 4.42 Å². The molecule has 8 aromatic rings. The number of hydrogen-bond donors (Lipinski definition) is 0. The zero-order valence-electron chi connectivity index (χ0n) is 26.4. The van der Waals surface area contributed by atoms with Crippen molar-refractivity contribution in [2.24, 2.45) is 0 Å². The Kier molecular flexibility index (Phi) is 6.20. The quantitative estimate of drug-likeness (QED) is 0.195. The molecule has 0 aliphatic heterocycles. The molecule has 0 bridgehead atoms. The summed E-state index contributed by atoms with van der Waals surface area (Å²) in [5.41, 5.74) is 12.8. The molecule has 1 aromatic heterocycles. The zero-order chi connectivity index (χ0) is 31.5. The largest absolute Gasteiger partial charge is 0.456 e. The van der Waals surface area contributed by atoms with Gasteiger partial charge in [0.25, 0.3) is 0 Å². The van der Waals surface area contributed by atoms with Crippen molar-refractivity contribution in [2.45, 2.75) is 19.3 Å². The molecule has 1 aliphatic carbocycles. The summed E-state index contributed by atoms with van der Waals surface area (Å²) < 4.78 is 6.47. The summed E-state index contributed by atoms with van der Waals surface area (Å²) in [4.78, 5) is 2.34. The van der Waals surface area contributed by atoms with Crippen molar-refractivity contribution in [1.29, 1.82) is 0 Å². The van der Waals surface area contributed by atoms with Crippen molar-refractivity contribution in [1.82, 2.24) is 0 Å². The van der Waals surface area contributed by atoms with Crippen LogP contribution in [0, 0.1) is 0 Å². The fraction of sp³-hybridized carbons (Fsp3) is 0.0667. The molecule has 47 heavy (non-hydrogen) atoms. The van der Waals surface area contributed by atoms with Gasteiger partial charge in [0.05, 0.1) is 0 Å². The summed E-state index contributed by atoms with van der Waals surface area (Å²) in [6.45, 7) is 4.61. The third kappa shape index (κ3) is 4.48. The van der Waals surface area contributed by atoms with E-state index < -0.39 is 0 Å². The van der Waals surface area contributed by atoms with Gasteiger partial charge < -0.3 is 9.32 Å². The van der Waals surface area contributed by atoms with Gasteiger partial charge in [0.2, 0.25) is 0 Å². The standard InChI is InChI=1S/C45H33NO/c1-45(2)41-27-21-35(29-40(41)44-43(45)39-14-8-9-15-42(39)47-44)33-18-24-37(25-19-33)46(38-26-20-31-12-6-7-13-34(31)28-38)36-22-16-32(17-23-36)30-10-4-3-5-11-30/h3-29H,1-2H3. The van der Waals surface area contributed by atoms with Crippen molar-refractivity contribution >= 4 is 38.8 Å². The van der Waals surface area contributed by atoms with Gasteiger partial charge >= 0.3 is 0 Å². The summed E-state index contributed by atoms with van der Waals surface area (Å²) in [6, 6.07) is 58.9. The number of benzene rings is 7. The van der Waals surface area contributed by atoms with Crippen molar-refractivity contribution in [3.63, 3.8) is 0 Å². The third-order valence-electron chi connectivity index (χ3n) is 9.84. The molecule has 7 aromatic carbocycles. The highest BCUT2D eigenvalue weighted by Crippen LogP contribution is 2.53. The average molecular weight is 604 g/mol. The Labute approximate surface area is 275 Å². The van der Waals surface area contributed by atoms with Crippen LogP contribution in [0.15, 0.2) is 168 Å². The SMILES string of the molecule is CC1(C)c2ccc(-c3ccc(N(c4ccc(-c5ccccc5)cc4)c4ccc5ccccc5c4)cc3)cc2-c2oc3ccccc3c21. The minimum Gasteiger partial charge on any atom is -0.456 e. The van der Waals surface area contributed by atoms with E-state index in [0.29, 0.717) is 0 Å². The zero-order valence-corrected chi connectivity index (χ0v) is 26.4. The van der Waals surface area contributed by atoms with Crippen LogP contribution in [0.5, 0.6) is 0 Å². The first-order valence-electron chi connectivity index (χ1n) is 16.3. The smallest absolute Gasteiger partial charge is 0.139 e. The molecular formula is C45H33NO. The van der Waals surface area contributed by atoms with E-state index in [1.807, 2.05) is 6.07 Å². The van der Waals surface area contributed by atoms with E-state index in [-0.39, 0.29) is 5.41 Å². The second-order valence-electron chi connectivity index (χ2n) is 13.0. The topological polar surface area (TPSA) is 16.4 Å². The van der Waals surface area contributed by atoms with Gasteiger partial charge in [0, 0.05) is 39.0 Å². The Morgan fingerprint density at radius 1 is 0.468 bits per heavy atom. The van der Waals surface area contributed by atoms with Crippen LogP contribution in [0.1, 0.15) is 25.0 Å². The first-order valence-corrected chi connectivity index (χ1v) is 16.3. The van der Waals surface area contributed by atoms with Crippen LogP contribution in [-0.2, 0) is 5.41 Å². The lowest BCUT2D eigenvalue weighted by atomic mass is 9.81. The van der Waals surface area contributed by atoms with E-state index in [0.717, 1.165) is 28.4 Å². The highest BCUT2D eigenvalue weighted by molar-refractivity contribution is 5.95. The Balaban J connectivity index is 1.11. The molecule has 2 heteroatoms. The Bertz CT molecular complexity index is 2410. The minimum absolute atomic E-state index is 0.115. The second-order valence-corrected chi connectivity index (χ2v) is 13.0. The summed E-state index contributed by atoms with van der Waals surface area (Å²) >= 11 is 0. The molecule has 0 spiro atoms. The van der Waals surface area contributed by atoms with Gasteiger partial charge in [-0.15, -0.1) is 0 Å². The molecule has 224 valence electrons. The van der Waals surface area contributed by atoms with E-state index >= 15 is 0 Å². The summed E-state index contributed by atoms with van der Waals surface area (Å²) in [5, 5.41) is 3.66. The predicted molar refractivity (Wildman–Crippen MR) is 197 cm³/mol. The summed E-state index contributed by atoms with van der Waals surface area (Å²) in [5.74, 6) is 1.01. The van der Waals surface area contributed by atoms with E-state index in [1.165, 1.54) is 55.1 Å². The number of furan rings is 1. The fourth-order valence-electron chi connectivity index (χ4n) is 7.45. The van der Waals surface area contributed by atoms with Gasteiger partial charge in [0.15, 0.2) is 0 Å². The number of nitrogens with zero attached hydrogens (tertiary/aromatic N) is 1. The second kappa shape index (κ2) is 10.6. The molecule has 1 aliphatic rings. The Morgan fingerprint density at radius 2 is 1.04 bits per heavy atom. The van der Waals surface area contributed by atoms with Crippen LogP contribution in [0.25, 0.3) is 55.3 Å². The molecule has 9 rings (SSSR count). The number of para-hydroxylation sites is 1. The first kappa shape index (κ1) is 27.5. The van der Waals surface area contributed by atoms with Gasteiger partial charge in [-0.1, -0.05) is 129 Å². The van der Waals surface area contributed by atoms with E-state index in [2.05, 4.69) is 176 Å². The lowest BCUT2D eigenvalue weighted by Gasteiger charge is -2.26. The number of hydrogen-bond acceptors (Lipinski definition) is 2. The Hall–Kier alpha value is -5.86. The van der Waals surface area contributed by atoms with Crippen LogP contribution in [0.3, 0.4) is 0 Å². The van der Waals surface area contributed by atoms with Crippen molar-refractivity contribution in [3.8, 4) is 33.6 Å². The maximum absolute atomic E-state index is 6.47. The van der Waals surface area contributed by atoms with Gasteiger partial charge in [-0.3, -0.25) is 0 Å². The molecule has 2 nitrogen and oxygen atoms in total. The van der Waals surface area contributed by atoms with E-state index in [1.54, 1.807) is 0 Å². The number of fused-ring (bicyclic) bond motifs is 6. The normalized spacial score (nSPS) is 13.1. The summed E-state index contributed by atoms with van der Waals surface area (Å²) in [7, 11) is 0. The van der Waals surface area contributed by atoms with Crippen molar-refractivity contribution in [3.05, 3.63) is 175 Å². The lowest BCUT2D eigenvalue weighted by Crippen LogP contribution is -2.14. The number of anilines is 3. The molecule has 0 amide bonds. The van der Waals surface area contributed by atoms with Gasteiger partial charge in [0.1, 0.15) is 11.3 Å². The molecule has 0 atom stereocenters. The molecule has 0 unspecified atom stereocenters. The van der Waals surface area contributed by atoms with Crippen LogP contribution in [-0.4, -0.2) is 0 Å². The third-order valence-corrected chi connectivity index (χ3v) is 9.84. The molecular weight excluding hydrogens is 571 g/mol. The van der Waals surface area contributed by atoms with E-state index in [9.17, 15) is 0 Å². The van der Waals surface area contributed by atoms with Crippen LogP contribution >= 0.6 is 0 Å². The molecule has 0 saturated carbocycles. The van der Waals surface area contributed by atoms with Gasteiger partial charge in [-0.2, -0.15) is 0 Å². The van der Waals surface area contributed by atoms with Crippen molar-refractivity contribution in [2.75, 3.05) is 4.90 Å². The molecule has 0 fully saturated rings. The first-order chi connectivity index (χ1) is 23.0. The van der Waals surface area contributed by atoms with Crippen LogP contribution < -0.4 is 4.90 Å². The predicted octanol–water partition coefficient (Wildman–Crippen LogP) is 12.7. The maximum Gasteiger partial charge on any atom is 0.139 e. The van der Waals surface area contributed by atoms with Gasteiger partial charge in [-0.05, 0) is 87.1 Å². The Morgan fingerprint density at radius 3 is 1.79 bits per heavy atom. The summed E-state index contributed by atoms with van der Waals surface area (Å²) in [6.07, 6.45) is 0. The highest BCUT2D eigenvalue weighted by Gasteiger charge is 2.40. The molecule has 0 N–H and O–H groups in total. The number of rotatable bonds is 5. The van der Waals surface area contributed by atoms with Crippen molar-refractivity contribution < 1.29 is 4.42 Å². The molecule has 0 radical (unpaired) electrons. The van der Waals surface area contributed by atoms with Crippen LogP contribution in [0.2, 0.25) is 0 Å². The highest BCUT2D eigenvalue weighted by atomic mass is 16.3. The van der Waals surface area contributed by atoms with Gasteiger partial charge in [-0.25, -0.2) is 0 Å². The lowest BCUT2D eigenvalue weighted by molar-refractivity contribution is 0.619. The fourth-order valence-corrected chi connectivity index (χ4v) is 7.45. The van der Waals surface area contributed by atoms with Crippen LogP contribution in [0.4, 0.5) is 17.1 Å². The molecule has 0 saturated heterocycles. The average Bonchev–Trinajstić information content (AvgIpc) is 3.62. The minimum atomic E-state index is -0.115.